The lowest BCUT2D eigenvalue weighted by atomic mass is 9.96. The van der Waals surface area contributed by atoms with Gasteiger partial charge in [-0.05, 0) is 69.3 Å². The summed E-state index contributed by atoms with van der Waals surface area (Å²) in [6, 6.07) is 17.2. The first-order chi connectivity index (χ1) is 17.4. The molecule has 5 rings (SSSR count). The molecule has 9 nitrogen and oxygen atoms in total. The molecular formula is C26H27BrN6O3. The molecule has 0 atom stereocenters. The van der Waals surface area contributed by atoms with E-state index in [9.17, 15) is 9.59 Å². The molecular weight excluding hydrogens is 524 g/mol. The average molecular weight is 551 g/mol. The van der Waals surface area contributed by atoms with E-state index in [1.54, 1.807) is 9.36 Å². The van der Waals surface area contributed by atoms with E-state index in [0.29, 0.717) is 42.5 Å². The Labute approximate surface area is 216 Å². The summed E-state index contributed by atoms with van der Waals surface area (Å²) in [5, 5.41) is 7.01. The van der Waals surface area contributed by atoms with E-state index in [2.05, 4.69) is 36.3 Å². The van der Waals surface area contributed by atoms with Gasteiger partial charge >= 0.3 is 0 Å². The third kappa shape index (κ3) is 4.91. The predicted octanol–water partition coefficient (Wildman–Crippen LogP) is 4.15. The normalized spacial score (nSPS) is 14.8. The van der Waals surface area contributed by atoms with Gasteiger partial charge in [0.25, 0.3) is 5.56 Å². The van der Waals surface area contributed by atoms with E-state index in [4.69, 9.17) is 4.52 Å². The second-order valence-electron chi connectivity index (χ2n) is 8.99. The van der Waals surface area contributed by atoms with E-state index >= 15 is 0 Å². The highest BCUT2D eigenvalue weighted by atomic mass is 79.9. The Hall–Kier alpha value is -3.50. The van der Waals surface area contributed by atoms with Crippen LogP contribution in [-0.4, -0.2) is 43.4 Å². The minimum atomic E-state index is -0.232. The lowest BCUT2D eigenvalue weighted by Crippen LogP contribution is -2.38. The van der Waals surface area contributed by atoms with E-state index in [1.807, 2.05) is 68.6 Å². The molecule has 1 saturated heterocycles. The Morgan fingerprint density at radius 2 is 1.81 bits per heavy atom. The van der Waals surface area contributed by atoms with Crippen molar-refractivity contribution in [3.63, 3.8) is 0 Å². The third-order valence-corrected chi connectivity index (χ3v) is 7.22. The fourth-order valence-electron chi connectivity index (χ4n) is 4.52. The molecule has 0 aliphatic carbocycles. The van der Waals surface area contributed by atoms with Crippen LogP contribution in [0.25, 0.3) is 17.1 Å². The minimum absolute atomic E-state index is 0.115. The molecule has 1 fully saturated rings. The highest BCUT2D eigenvalue weighted by molar-refractivity contribution is 9.10. The van der Waals surface area contributed by atoms with Gasteiger partial charge in [-0.15, -0.1) is 0 Å². The first-order valence-electron chi connectivity index (χ1n) is 11.9. The summed E-state index contributed by atoms with van der Waals surface area (Å²) in [4.78, 5) is 32.9. The predicted molar refractivity (Wildman–Crippen MR) is 140 cm³/mol. The van der Waals surface area contributed by atoms with Crippen LogP contribution in [0.5, 0.6) is 0 Å². The SMILES string of the molecule is Cc1c(NC(=O)C2CCN(Cc3nc(-c4ccc(Br)cc4)no3)CC2)c(=O)n(-c2ccccc2)n1C. The highest BCUT2D eigenvalue weighted by Gasteiger charge is 2.28. The number of hydrogen-bond donors (Lipinski definition) is 1. The number of nitrogens with one attached hydrogen (secondary N) is 1. The van der Waals surface area contributed by atoms with Gasteiger partial charge in [0.05, 0.1) is 17.9 Å². The molecule has 1 N–H and O–H groups in total. The van der Waals surface area contributed by atoms with E-state index in [1.165, 1.54) is 0 Å². The van der Waals surface area contributed by atoms with Crippen molar-refractivity contribution in [3.8, 4) is 17.1 Å². The van der Waals surface area contributed by atoms with E-state index in [-0.39, 0.29) is 17.4 Å². The Morgan fingerprint density at radius 1 is 1.11 bits per heavy atom. The minimum Gasteiger partial charge on any atom is -0.338 e. The second-order valence-corrected chi connectivity index (χ2v) is 9.91. The van der Waals surface area contributed by atoms with E-state index < -0.39 is 0 Å². The molecule has 1 aliphatic heterocycles. The van der Waals surface area contributed by atoms with Gasteiger partial charge in [-0.25, -0.2) is 4.68 Å². The average Bonchev–Trinajstić information content (AvgIpc) is 3.44. The first kappa shape index (κ1) is 24.2. The summed E-state index contributed by atoms with van der Waals surface area (Å²) in [5.41, 5.74) is 2.47. The number of carbonyl (C=O) groups excluding carboxylic acids is 1. The molecule has 0 saturated carbocycles. The number of aromatic nitrogens is 4. The number of benzene rings is 2. The molecule has 0 spiro atoms. The van der Waals surface area contributed by atoms with Gasteiger partial charge < -0.3 is 9.84 Å². The Balaban J connectivity index is 1.19. The molecule has 36 heavy (non-hydrogen) atoms. The Kier molecular flexibility index (Phi) is 6.88. The van der Waals surface area contributed by atoms with Crippen LogP contribution in [-0.2, 0) is 18.4 Å². The number of rotatable bonds is 6. The monoisotopic (exact) mass is 550 g/mol. The standard InChI is InChI=1S/C26H27BrN6O3/c1-17-23(26(35)33(31(17)2)21-6-4-3-5-7-21)29-25(34)19-12-14-32(15-13-19)16-22-28-24(30-36-22)18-8-10-20(27)11-9-18/h3-11,19H,12-16H2,1-2H3,(H,29,34). The van der Waals surface area contributed by atoms with Crippen molar-refractivity contribution in [2.24, 2.45) is 13.0 Å². The molecule has 10 heteroatoms. The van der Waals surface area contributed by atoms with Crippen molar-refractivity contribution < 1.29 is 9.32 Å². The number of carbonyl (C=O) groups is 1. The van der Waals surface area contributed by atoms with Crippen molar-refractivity contribution in [2.75, 3.05) is 18.4 Å². The molecule has 4 aromatic rings. The summed E-state index contributed by atoms with van der Waals surface area (Å²) in [5.74, 6) is 0.839. The topological polar surface area (TPSA) is 98.2 Å². The lowest BCUT2D eigenvalue weighted by molar-refractivity contribution is -0.121. The molecule has 0 bridgehead atoms. The molecule has 2 aromatic carbocycles. The zero-order valence-electron chi connectivity index (χ0n) is 20.1. The van der Waals surface area contributed by atoms with Crippen molar-refractivity contribution in [3.05, 3.63) is 81.0 Å². The van der Waals surface area contributed by atoms with Gasteiger partial charge in [-0.3, -0.25) is 19.2 Å². The van der Waals surface area contributed by atoms with Crippen LogP contribution in [0.3, 0.4) is 0 Å². The maximum atomic E-state index is 13.1. The van der Waals surface area contributed by atoms with E-state index in [0.717, 1.165) is 28.8 Å². The molecule has 186 valence electrons. The zero-order chi connectivity index (χ0) is 25.2. The summed E-state index contributed by atoms with van der Waals surface area (Å²) < 4.78 is 9.78. The quantitative estimate of drug-likeness (QED) is 0.387. The maximum Gasteiger partial charge on any atom is 0.295 e. The lowest BCUT2D eigenvalue weighted by Gasteiger charge is -2.30. The van der Waals surface area contributed by atoms with Crippen LogP contribution in [0.1, 0.15) is 24.4 Å². The van der Waals surface area contributed by atoms with Crippen LogP contribution in [0.15, 0.2) is 68.4 Å². The van der Waals surface area contributed by atoms with Crippen LogP contribution in [0.4, 0.5) is 5.69 Å². The fourth-order valence-corrected chi connectivity index (χ4v) is 4.78. The van der Waals surface area contributed by atoms with Gasteiger partial charge in [-0.1, -0.05) is 39.3 Å². The number of amides is 1. The number of likely N-dealkylation sites (tertiary alicyclic amines) is 1. The number of piperidine rings is 1. The highest BCUT2D eigenvalue weighted by Crippen LogP contribution is 2.23. The molecule has 0 unspecified atom stereocenters. The number of halogens is 1. The third-order valence-electron chi connectivity index (χ3n) is 6.69. The van der Waals surface area contributed by atoms with Gasteiger partial charge in [0.15, 0.2) is 0 Å². The number of hydrogen-bond acceptors (Lipinski definition) is 6. The van der Waals surface area contributed by atoms with Crippen molar-refractivity contribution in [1.29, 1.82) is 0 Å². The number of nitrogens with zero attached hydrogens (tertiary/aromatic N) is 5. The number of para-hydroxylation sites is 1. The van der Waals surface area contributed by atoms with Crippen molar-refractivity contribution in [1.82, 2.24) is 24.4 Å². The summed E-state index contributed by atoms with van der Waals surface area (Å²) in [6.45, 7) is 3.84. The van der Waals surface area contributed by atoms with Gasteiger partial charge in [0.1, 0.15) is 5.69 Å². The largest absolute Gasteiger partial charge is 0.338 e. The second kappa shape index (κ2) is 10.2. The summed E-state index contributed by atoms with van der Waals surface area (Å²) >= 11 is 3.43. The Bertz CT molecular complexity index is 1420. The molecule has 0 radical (unpaired) electrons. The zero-order valence-corrected chi connectivity index (χ0v) is 21.7. The summed E-state index contributed by atoms with van der Waals surface area (Å²) in [7, 11) is 1.82. The molecule has 2 aromatic heterocycles. The molecule has 3 heterocycles. The van der Waals surface area contributed by atoms with Crippen molar-refractivity contribution >= 4 is 27.5 Å². The smallest absolute Gasteiger partial charge is 0.295 e. The Morgan fingerprint density at radius 3 is 2.50 bits per heavy atom. The van der Waals surface area contributed by atoms with Crippen LogP contribution in [0.2, 0.25) is 0 Å². The maximum absolute atomic E-state index is 13.1. The fraction of sp³-hybridized carbons (Fsp3) is 0.308. The number of anilines is 1. The van der Waals surface area contributed by atoms with Crippen LogP contribution < -0.4 is 10.9 Å². The molecule has 1 aliphatic rings. The molecule has 1 amide bonds. The van der Waals surface area contributed by atoms with Gasteiger partial charge in [-0.2, -0.15) is 4.98 Å². The van der Waals surface area contributed by atoms with Gasteiger partial charge in [0, 0.05) is 23.0 Å². The first-order valence-corrected chi connectivity index (χ1v) is 12.7. The van der Waals surface area contributed by atoms with Crippen LogP contribution in [0, 0.1) is 12.8 Å². The van der Waals surface area contributed by atoms with Gasteiger partial charge in [0.2, 0.25) is 17.6 Å². The van der Waals surface area contributed by atoms with Crippen molar-refractivity contribution in [2.45, 2.75) is 26.3 Å². The van der Waals surface area contributed by atoms with Crippen LogP contribution >= 0.6 is 15.9 Å². The summed E-state index contributed by atoms with van der Waals surface area (Å²) in [6.07, 6.45) is 1.39.